The minimum atomic E-state index is -4.85. The molecule has 4 aromatic carbocycles. The molecule has 42 heavy (non-hydrogen) atoms. The number of hydrogen-bond donors (Lipinski definition) is 3. The molecule has 209 valence electrons. The number of fused-ring (bicyclic) bond motifs is 2. The zero-order valence-electron chi connectivity index (χ0n) is 23.2. The summed E-state index contributed by atoms with van der Waals surface area (Å²) in [6, 6.07) is 19.9. The molecule has 1 aliphatic rings. The van der Waals surface area contributed by atoms with Crippen LogP contribution in [-0.2, 0) is 21.3 Å². The van der Waals surface area contributed by atoms with E-state index in [0.29, 0.717) is 17.7 Å². The van der Waals surface area contributed by atoms with E-state index in [2.05, 4.69) is 5.32 Å². The number of esters is 1. The molecule has 1 radical (unpaired) electrons. The summed E-state index contributed by atoms with van der Waals surface area (Å²) in [6.07, 6.45) is 0.380. The first-order valence-corrected chi connectivity index (χ1v) is 14.2. The SMILES string of the molecule is CCOC(=O)c1ccccc1Cc1ccc(C)c(Nc2cc(S(=O)(=O)O)c(N)c3c2C(=O)c2ccccc2C3=O)c1.[Na]. The summed E-state index contributed by atoms with van der Waals surface area (Å²) < 4.78 is 39.6. The third-order valence-corrected chi connectivity index (χ3v) is 7.85. The molecule has 0 heterocycles. The second kappa shape index (κ2) is 12.2. The van der Waals surface area contributed by atoms with Crippen molar-refractivity contribution in [3.05, 3.63) is 117 Å². The number of hydrogen-bond acceptors (Lipinski definition) is 8. The summed E-state index contributed by atoms with van der Waals surface area (Å²) in [5.41, 5.74) is 8.73. The predicted molar refractivity (Wildman–Crippen MR) is 159 cm³/mol. The van der Waals surface area contributed by atoms with E-state index in [9.17, 15) is 27.4 Å². The average molecular weight is 594 g/mol. The summed E-state index contributed by atoms with van der Waals surface area (Å²) in [5.74, 6) is -1.56. The van der Waals surface area contributed by atoms with Crippen molar-refractivity contribution in [1.29, 1.82) is 0 Å². The molecule has 0 saturated carbocycles. The Kier molecular flexibility index (Phi) is 9.05. The van der Waals surface area contributed by atoms with E-state index in [0.717, 1.165) is 22.8 Å². The van der Waals surface area contributed by atoms with Crippen LogP contribution < -0.4 is 11.1 Å². The third-order valence-electron chi connectivity index (χ3n) is 6.96. The van der Waals surface area contributed by atoms with Crippen molar-refractivity contribution in [3.63, 3.8) is 0 Å². The number of nitrogen functional groups attached to an aromatic ring is 1. The average Bonchev–Trinajstić information content (AvgIpc) is 2.94. The van der Waals surface area contributed by atoms with E-state index < -0.39 is 38.2 Å². The van der Waals surface area contributed by atoms with Crippen LogP contribution in [0, 0.1) is 6.92 Å². The van der Waals surface area contributed by atoms with Gasteiger partial charge in [-0.25, -0.2) is 4.79 Å². The van der Waals surface area contributed by atoms with Gasteiger partial charge in [0.1, 0.15) is 4.90 Å². The van der Waals surface area contributed by atoms with Crippen molar-refractivity contribution in [2.45, 2.75) is 25.2 Å². The monoisotopic (exact) mass is 593 g/mol. The van der Waals surface area contributed by atoms with Crippen molar-refractivity contribution in [2.24, 2.45) is 0 Å². The largest absolute Gasteiger partial charge is 0.462 e. The van der Waals surface area contributed by atoms with Crippen LogP contribution in [0.3, 0.4) is 0 Å². The Morgan fingerprint density at radius 1 is 0.905 bits per heavy atom. The summed E-state index contributed by atoms with van der Waals surface area (Å²) in [6.45, 7) is 3.79. The van der Waals surface area contributed by atoms with Gasteiger partial charge in [0.05, 0.1) is 34.7 Å². The summed E-state index contributed by atoms with van der Waals surface area (Å²) in [4.78, 5) is 38.8. The van der Waals surface area contributed by atoms with Crippen LogP contribution >= 0.6 is 0 Å². The Labute approximate surface area is 265 Å². The van der Waals surface area contributed by atoms with Gasteiger partial charge in [-0.15, -0.1) is 0 Å². The Hall–Kier alpha value is -3.80. The van der Waals surface area contributed by atoms with Gasteiger partial charge in [0.15, 0.2) is 11.6 Å². The van der Waals surface area contributed by atoms with E-state index in [-0.39, 0.29) is 64.1 Å². The minimum absolute atomic E-state index is 0. The summed E-state index contributed by atoms with van der Waals surface area (Å²) in [5, 5.41) is 3.11. The number of nitrogens with two attached hydrogens (primary N) is 1. The molecule has 4 N–H and O–H groups in total. The number of ether oxygens (including phenoxy) is 1. The van der Waals surface area contributed by atoms with Crippen LogP contribution in [0.15, 0.2) is 77.7 Å². The van der Waals surface area contributed by atoms with Gasteiger partial charge in [-0.3, -0.25) is 14.1 Å². The predicted octanol–water partition coefficient (Wildman–Crippen LogP) is 4.73. The van der Waals surface area contributed by atoms with Gasteiger partial charge in [0.25, 0.3) is 10.1 Å². The fraction of sp³-hybridized carbons (Fsp3) is 0.129. The molecule has 0 fully saturated rings. The van der Waals surface area contributed by atoms with E-state index in [1.54, 1.807) is 37.3 Å². The van der Waals surface area contributed by atoms with Crippen LogP contribution in [0.5, 0.6) is 0 Å². The summed E-state index contributed by atoms with van der Waals surface area (Å²) >= 11 is 0. The first-order chi connectivity index (χ1) is 19.5. The molecular formula is C31H26N2NaO7S. The number of benzene rings is 4. The Bertz CT molecular complexity index is 1870. The van der Waals surface area contributed by atoms with Crippen molar-refractivity contribution >= 4 is 74.3 Å². The molecule has 11 heteroatoms. The number of anilines is 3. The van der Waals surface area contributed by atoms with Gasteiger partial charge in [-0.2, -0.15) is 8.42 Å². The second-order valence-corrected chi connectivity index (χ2v) is 11.0. The molecular weight excluding hydrogens is 567 g/mol. The Balaban J connectivity index is 0.00000405. The number of aryl methyl sites for hydroxylation is 1. The first-order valence-electron chi connectivity index (χ1n) is 12.7. The van der Waals surface area contributed by atoms with Gasteiger partial charge < -0.3 is 15.8 Å². The zero-order chi connectivity index (χ0) is 29.5. The van der Waals surface area contributed by atoms with Crippen molar-refractivity contribution in [1.82, 2.24) is 0 Å². The Morgan fingerprint density at radius 2 is 1.52 bits per heavy atom. The second-order valence-electron chi connectivity index (χ2n) is 9.59. The fourth-order valence-electron chi connectivity index (χ4n) is 4.97. The first kappa shape index (κ1) is 31.1. The van der Waals surface area contributed by atoms with Gasteiger partial charge in [0, 0.05) is 46.4 Å². The molecule has 0 atom stereocenters. The number of nitrogens with one attached hydrogen (secondary N) is 1. The van der Waals surface area contributed by atoms with Crippen LogP contribution in [0.25, 0.3) is 0 Å². The maximum atomic E-state index is 13.6. The van der Waals surface area contributed by atoms with E-state index >= 15 is 0 Å². The zero-order valence-corrected chi connectivity index (χ0v) is 26.0. The van der Waals surface area contributed by atoms with Crippen LogP contribution in [0.4, 0.5) is 17.1 Å². The maximum absolute atomic E-state index is 13.6. The number of carbonyl (C=O) groups excluding carboxylic acids is 3. The summed E-state index contributed by atoms with van der Waals surface area (Å²) in [7, 11) is -4.85. The molecule has 0 aromatic heterocycles. The number of carbonyl (C=O) groups is 3. The standard InChI is InChI=1S/C31H26N2O7S.Na/c1-3-40-31(36)20-9-5-4-8-19(20)14-18-13-12-17(2)23(15-18)33-24-16-25(41(37,38)39)28(32)27-26(24)29(34)21-10-6-7-11-22(21)30(27)35;/h4-13,15-16,33H,3,14,32H2,1-2H3,(H,37,38,39);. The maximum Gasteiger partial charge on any atom is 0.338 e. The molecule has 0 spiro atoms. The topological polar surface area (TPSA) is 153 Å². The van der Waals surface area contributed by atoms with Crippen LogP contribution in [-0.4, -0.2) is 66.7 Å². The van der Waals surface area contributed by atoms with Gasteiger partial charge in [-0.1, -0.05) is 54.6 Å². The quantitative estimate of drug-likeness (QED) is 0.105. The number of rotatable bonds is 7. The minimum Gasteiger partial charge on any atom is -0.462 e. The molecule has 4 aromatic rings. The molecule has 1 aliphatic carbocycles. The Morgan fingerprint density at radius 3 is 2.17 bits per heavy atom. The number of ketones is 2. The van der Waals surface area contributed by atoms with E-state index in [1.165, 1.54) is 12.1 Å². The fourth-order valence-corrected chi connectivity index (χ4v) is 5.61. The molecule has 0 unspecified atom stereocenters. The van der Waals surface area contributed by atoms with Crippen molar-refractivity contribution < 1.29 is 32.1 Å². The van der Waals surface area contributed by atoms with E-state index in [4.69, 9.17) is 10.5 Å². The van der Waals surface area contributed by atoms with Gasteiger partial charge >= 0.3 is 5.97 Å². The van der Waals surface area contributed by atoms with Gasteiger partial charge in [-0.05, 0) is 55.2 Å². The molecule has 0 aliphatic heterocycles. The molecule has 0 amide bonds. The van der Waals surface area contributed by atoms with Crippen LogP contribution in [0.2, 0.25) is 0 Å². The smallest absolute Gasteiger partial charge is 0.338 e. The third kappa shape index (κ3) is 5.77. The molecule has 9 nitrogen and oxygen atoms in total. The normalized spacial score (nSPS) is 12.2. The van der Waals surface area contributed by atoms with Crippen LogP contribution in [0.1, 0.15) is 65.8 Å². The van der Waals surface area contributed by atoms with Crippen molar-refractivity contribution in [2.75, 3.05) is 17.7 Å². The van der Waals surface area contributed by atoms with Crippen molar-refractivity contribution in [3.8, 4) is 0 Å². The molecule has 0 bridgehead atoms. The molecule has 5 rings (SSSR count). The van der Waals surface area contributed by atoms with E-state index in [1.807, 2.05) is 31.2 Å². The molecule has 0 saturated heterocycles. The van der Waals surface area contributed by atoms with Gasteiger partial charge in [0.2, 0.25) is 0 Å².